The lowest BCUT2D eigenvalue weighted by Crippen LogP contribution is -2.31. The fourth-order valence-corrected chi connectivity index (χ4v) is 1.70. The molecule has 0 spiro atoms. The quantitative estimate of drug-likeness (QED) is 0.774. The molecule has 1 aromatic carbocycles. The van der Waals surface area contributed by atoms with Crippen LogP contribution in [0, 0.1) is 0 Å². The third kappa shape index (κ3) is 5.24. The van der Waals surface area contributed by atoms with E-state index >= 15 is 0 Å². The molecule has 108 valence electrons. The van der Waals surface area contributed by atoms with Crippen LogP contribution in [-0.4, -0.2) is 41.5 Å². The number of anilines is 1. The largest absolute Gasteiger partial charge is 0.395 e. The SMILES string of the molecule is CCN(CCO)C(=O)/C=C/c1ccc(NC(C)=O)cc1. The maximum atomic E-state index is 11.8. The molecule has 5 heteroatoms. The third-order valence-electron chi connectivity index (χ3n) is 2.71. The van der Waals surface area contributed by atoms with Crippen molar-refractivity contribution in [2.45, 2.75) is 13.8 Å². The Morgan fingerprint density at radius 3 is 2.45 bits per heavy atom. The van der Waals surface area contributed by atoms with Crippen molar-refractivity contribution in [3.05, 3.63) is 35.9 Å². The van der Waals surface area contributed by atoms with Gasteiger partial charge in [-0.1, -0.05) is 12.1 Å². The normalized spacial score (nSPS) is 10.6. The van der Waals surface area contributed by atoms with E-state index in [0.717, 1.165) is 11.3 Å². The number of benzene rings is 1. The summed E-state index contributed by atoms with van der Waals surface area (Å²) in [7, 11) is 0. The predicted octanol–water partition coefficient (Wildman–Crippen LogP) is 1.50. The van der Waals surface area contributed by atoms with E-state index in [1.165, 1.54) is 13.0 Å². The Morgan fingerprint density at radius 1 is 1.30 bits per heavy atom. The Morgan fingerprint density at radius 2 is 1.95 bits per heavy atom. The van der Waals surface area contributed by atoms with Gasteiger partial charge in [-0.3, -0.25) is 9.59 Å². The molecule has 0 radical (unpaired) electrons. The second-order valence-corrected chi connectivity index (χ2v) is 4.28. The van der Waals surface area contributed by atoms with Gasteiger partial charge in [-0.15, -0.1) is 0 Å². The number of carbonyl (C=O) groups is 2. The maximum Gasteiger partial charge on any atom is 0.246 e. The molecule has 0 aliphatic carbocycles. The van der Waals surface area contributed by atoms with Crippen molar-refractivity contribution in [2.24, 2.45) is 0 Å². The summed E-state index contributed by atoms with van der Waals surface area (Å²) < 4.78 is 0. The van der Waals surface area contributed by atoms with Crippen LogP contribution in [0.5, 0.6) is 0 Å². The van der Waals surface area contributed by atoms with Gasteiger partial charge in [0.2, 0.25) is 11.8 Å². The molecule has 2 amide bonds. The van der Waals surface area contributed by atoms with E-state index in [9.17, 15) is 9.59 Å². The van der Waals surface area contributed by atoms with Crippen LogP contribution in [0.3, 0.4) is 0 Å². The zero-order valence-corrected chi connectivity index (χ0v) is 11.8. The highest BCUT2D eigenvalue weighted by atomic mass is 16.3. The highest BCUT2D eigenvalue weighted by Gasteiger charge is 2.06. The Hall–Kier alpha value is -2.14. The average Bonchev–Trinajstić information content (AvgIpc) is 2.43. The molecule has 0 heterocycles. The molecule has 0 aliphatic rings. The number of hydrogen-bond donors (Lipinski definition) is 2. The maximum absolute atomic E-state index is 11.8. The van der Waals surface area contributed by atoms with Crippen LogP contribution in [0.2, 0.25) is 0 Å². The van der Waals surface area contributed by atoms with E-state index in [1.807, 2.05) is 19.1 Å². The molecule has 0 bridgehead atoms. The molecule has 0 fully saturated rings. The van der Waals surface area contributed by atoms with Gasteiger partial charge in [-0.2, -0.15) is 0 Å². The third-order valence-corrected chi connectivity index (χ3v) is 2.71. The van der Waals surface area contributed by atoms with Crippen molar-refractivity contribution >= 4 is 23.6 Å². The fraction of sp³-hybridized carbons (Fsp3) is 0.333. The van der Waals surface area contributed by atoms with Crippen molar-refractivity contribution in [3.63, 3.8) is 0 Å². The molecule has 0 saturated heterocycles. The first-order chi connectivity index (χ1) is 9.56. The predicted molar refractivity (Wildman–Crippen MR) is 79.1 cm³/mol. The van der Waals surface area contributed by atoms with Crippen LogP contribution >= 0.6 is 0 Å². The number of nitrogens with one attached hydrogen (secondary N) is 1. The lowest BCUT2D eigenvalue weighted by atomic mass is 10.2. The first-order valence-corrected chi connectivity index (χ1v) is 6.52. The summed E-state index contributed by atoms with van der Waals surface area (Å²) in [4.78, 5) is 24.3. The second-order valence-electron chi connectivity index (χ2n) is 4.28. The van der Waals surface area contributed by atoms with E-state index in [1.54, 1.807) is 23.1 Å². The van der Waals surface area contributed by atoms with E-state index in [2.05, 4.69) is 5.32 Å². The first kappa shape index (κ1) is 15.9. The van der Waals surface area contributed by atoms with E-state index in [0.29, 0.717) is 13.1 Å². The zero-order chi connectivity index (χ0) is 15.0. The van der Waals surface area contributed by atoms with Crippen molar-refractivity contribution in [1.29, 1.82) is 0 Å². The van der Waals surface area contributed by atoms with Gasteiger partial charge in [-0.05, 0) is 30.7 Å². The highest BCUT2D eigenvalue weighted by Crippen LogP contribution is 2.10. The molecular weight excluding hydrogens is 256 g/mol. The van der Waals surface area contributed by atoms with E-state index < -0.39 is 0 Å². The van der Waals surface area contributed by atoms with Gasteiger partial charge < -0.3 is 15.3 Å². The highest BCUT2D eigenvalue weighted by molar-refractivity contribution is 5.92. The average molecular weight is 276 g/mol. The molecule has 1 rings (SSSR count). The number of likely N-dealkylation sites (N-methyl/N-ethyl adjacent to an activating group) is 1. The van der Waals surface area contributed by atoms with Crippen molar-refractivity contribution in [3.8, 4) is 0 Å². The smallest absolute Gasteiger partial charge is 0.246 e. The molecule has 0 unspecified atom stereocenters. The summed E-state index contributed by atoms with van der Waals surface area (Å²) in [5.74, 6) is -0.251. The van der Waals surface area contributed by atoms with Crippen LogP contribution in [0.4, 0.5) is 5.69 Å². The lowest BCUT2D eigenvalue weighted by molar-refractivity contribution is -0.126. The Balaban J connectivity index is 2.65. The van der Waals surface area contributed by atoms with Crippen molar-refractivity contribution in [1.82, 2.24) is 4.90 Å². The minimum absolute atomic E-state index is 0.0428. The molecule has 20 heavy (non-hydrogen) atoms. The van der Waals surface area contributed by atoms with Crippen LogP contribution in [0.1, 0.15) is 19.4 Å². The minimum Gasteiger partial charge on any atom is -0.395 e. The molecule has 0 atom stereocenters. The zero-order valence-electron chi connectivity index (χ0n) is 11.8. The van der Waals surface area contributed by atoms with Crippen LogP contribution in [-0.2, 0) is 9.59 Å². The topological polar surface area (TPSA) is 69.6 Å². The monoisotopic (exact) mass is 276 g/mol. The molecule has 5 nitrogen and oxygen atoms in total. The number of carbonyl (C=O) groups excluding carboxylic acids is 2. The molecule has 0 saturated carbocycles. The number of hydrogen-bond acceptors (Lipinski definition) is 3. The Kier molecular flexibility index (Phi) is 6.46. The Labute approximate surface area is 118 Å². The van der Waals surface area contributed by atoms with E-state index in [4.69, 9.17) is 5.11 Å². The van der Waals surface area contributed by atoms with Crippen LogP contribution in [0.25, 0.3) is 6.08 Å². The molecule has 0 aliphatic heterocycles. The number of aliphatic hydroxyl groups excluding tert-OH is 1. The molecule has 2 N–H and O–H groups in total. The number of aliphatic hydroxyl groups is 1. The standard InChI is InChI=1S/C15H20N2O3/c1-3-17(10-11-18)15(20)9-6-13-4-7-14(8-5-13)16-12(2)19/h4-9,18H,3,10-11H2,1-2H3,(H,16,19)/b9-6+. The van der Waals surface area contributed by atoms with Crippen LogP contribution < -0.4 is 5.32 Å². The summed E-state index contributed by atoms with van der Waals surface area (Å²) in [5, 5.41) is 11.5. The van der Waals surface area contributed by atoms with Crippen molar-refractivity contribution < 1.29 is 14.7 Å². The second kappa shape index (κ2) is 8.12. The number of rotatable bonds is 6. The summed E-state index contributed by atoms with van der Waals surface area (Å²) in [5.41, 5.74) is 1.59. The lowest BCUT2D eigenvalue weighted by Gasteiger charge is -2.17. The van der Waals surface area contributed by atoms with Crippen molar-refractivity contribution in [2.75, 3.05) is 25.0 Å². The fourth-order valence-electron chi connectivity index (χ4n) is 1.70. The van der Waals surface area contributed by atoms with Gasteiger partial charge in [0.1, 0.15) is 0 Å². The van der Waals surface area contributed by atoms with Gasteiger partial charge >= 0.3 is 0 Å². The summed E-state index contributed by atoms with van der Waals surface area (Å²) >= 11 is 0. The summed E-state index contributed by atoms with van der Waals surface area (Å²) in [6, 6.07) is 7.18. The van der Waals surface area contributed by atoms with Gasteiger partial charge in [-0.25, -0.2) is 0 Å². The Bertz CT molecular complexity index is 480. The van der Waals surface area contributed by atoms with Gasteiger partial charge in [0.25, 0.3) is 0 Å². The molecule has 0 aromatic heterocycles. The van der Waals surface area contributed by atoms with Gasteiger partial charge in [0.15, 0.2) is 0 Å². The van der Waals surface area contributed by atoms with Crippen LogP contribution in [0.15, 0.2) is 30.3 Å². The van der Waals surface area contributed by atoms with E-state index in [-0.39, 0.29) is 18.4 Å². The van der Waals surface area contributed by atoms with Gasteiger partial charge in [0, 0.05) is 31.8 Å². The first-order valence-electron chi connectivity index (χ1n) is 6.52. The minimum atomic E-state index is -0.132. The molecular formula is C15H20N2O3. The van der Waals surface area contributed by atoms with Gasteiger partial charge in [0.05, 0.1) is 6.61 Å². The molecule has 1 aromatic rings. The number of amides is 2. The summed E-state index contributed by atoms with van der Waals surface area (Å²) in [6.07, 6.45) is 3.19. The number of nitrogens with zero attached hydrogens (tertiary/aromatic N) is 1. The summed E-state index contributed by atoms with van der Waals surface area (Å²) in [6.45, 7) is 4.17.